The van der Waals surface area contributed by atoms with Crippen LogP contribution >= 0.6 is 11.6 Å². The molecule has 0 spiro atoms. The number of halogens is 1. The smallest absolute Gasteiger partial charge is 0.269 e. The van der Waals surface area contributed by atoms with Crippen LogP contribution in [0.25, 0.3) is 5.70 Å². The molecule has 2 N–H and O–H groups in total. The molecule has 1 atom stereocenters. The number of nitro groups is 1. The van der Waals surface area contributed by atoms with Gasteiger partial charge in [-0.15, -0.1) is 0 Å². The highest BCUT2D eigenvalue weighted by Crippen LogP contribution is 2.27. The predicted molar refractivity (Wildman–Crippen MR) is 104 cm³/mol. The molecule has 1 heterocycles. The molecule has 3 rings (SSSR count). The predicted octanol–water partition coefficient (Wildman–Crippen LogP) is 4.21. The van der Waals surface area contributed by atoms with Crippen LogP contribution in [0.15, 0.2) is 53.3 Å². The van der Waals surface area contributed by atoms with Crippen LogP contribution in [0.5, 0.6) is 0 Å². The van der Waals surface area contributed by atoms with Crippen LogP contribution in [0.1, 0.15) is 29.7 Å². The molecule has 0 aromatic heterocycles. The van der Waals surface area contributed by atoms with Crippen LogP contribution < -0.4 is 10.6 Å². The number of aliphatic imine (C=N–C) groups is 1. The van der Waals surface area contributed by atoms with Crippen molar-refractivity contribution >= 4 is 29.2 Å². The third-order valence-electron chi connectivity index (χ3n) is 4.17. The minimum atomic E-state index is -0.411. The number of aryl methyl sites for hydroxylation is 1. The molecule has 0 radical (unpaired) electrons. The molecule has 0 saturated carbocycles. The fourth-order valence-corrected chi connectivity index (χ4v) is 3.20. The van der Waals surface area contributed by atoms with Crippen LogP contribution in [0.3, 0.4) is 0 Å². The fourth-order valence-electron chi connectivity index (χ4n) is 2.80. The van der Waals surface area contributed by atoms with E-state index < -0.39 is 4.92 Å². The van der Waals surface area contributed by atoms with Gasteiger partial charge in [-0.25, -0.2) is 4.99 Å². The topological polar surface area (TPSA) is 79.6 Å². The summed E-state index contributed by atoms with van der Waals surface area (Å²) in [5.41, 5.74) is 3.78. The van der Waals surface area contributed by atoms with Gasteiger partial charge in [-0.3, -0.25) is 10.1 Å². The molecule has 0 unspecified atom stereocenters. The monoisotopic (exact) mass is 370 g/mol. The number of hydrogen-bond donors (Lipinski definition) is 2. The van der Waals surface area contributed by atoms with Crippen molar-refractivity contribution in [2.45, 2.75) is 19.9 Å². The molecule has 0 saturated heterocycles. The average Bonchev–Trinajstić information content (AvgIpc) is 2.62. The molecular weight excluding hydrogens is 352 g/mol. The summed E-state index contributed by atoms with van der Waals surface area (Å²) in [5, 5.41) is 18.2. The zero-order valence-electron chi connectivity index (χ0n) is 14.5. The Bertz CT molecular complexity index is 891. The molecule has 7 heteroatoms. The summed E-state index contributed by atoms with van der Waals surface area (Å²) < 4.78 is 0. The SMILES string of the molecule is Cc1ccc([C@H](C)NC2=C(c3ccc([N+](=O)[O-])cc3)NCC=N2)c(Cl)c1. The van der Waals surface area contributed by atoms with Crippen LogP contribution in [0.2, 0.25) is 5.02 Å². The van der Waals surface area contributed by atoms with Gasteiger partial charge in [0.1, 0.15) is 5.82 Å². The van der Waals surface area contributed by atoms with E-state index in [1.807, 2.05) is 32.0 Å². The van der Waals surface area contributed by atoms with Crippen molar-refractivity contribution in [2.75, 3.05) is 6.54 Å². The Balaban J connectivity index is 1.89. The lowest BCUT2D eigenvalue weighted by molar-refractivity contribution is -0.384. The number of nitro benzene ring substituents is 1. The Morgan fingerprint density at radius 2 is 2.00 bits per heavy atom. The van der Waals surface area contributed by atoms with Crippen molar-refractivity contribution in [3.8, 4) is 0 Å². The third-order valence-corrected chi connectivity index (χ3v) is 4.50. The number of non-ortho nitro benzene ring substituents is 1. The normalized spacial score (nSPS) is 14.7. The maximum Gasteiger partial charge on any atom is 0.269 e. The highest BCUT2D eigenvalue weighted by molar-refractivity contribution is 6.31. The van der Waals surface area contributed by atoms with Gasteiger partial charge in [-0.1, -0.05) is 23.7 Å². The molecule has 134 valence electrons. The maximum atomic E-state index is 10.8. The first-order valence-corrected chi connectivity index (χ1v) is 8.61. The molecule has 1 aliphatic rings. The first-order chi connectivity index (χ1) is 12.5. The largest absolute Gasteiger partial charge is 0.377 e. The molecule has 0 fully saturated rings. The van der Waals surface area contributed by atoms with Gasteiger partial charge >= 0.3 is 0 Å². The Kier molecular flexibility index (Phi) is 5.23. The zero-order valence-corrected chi connectivity index (χ0v) is 15.2. The first-order valence-electron chi connectivity index (χ1n) is 8.24. The number of rotatable bonds is 5. The van der Waals surface area contributed by atoms with Crippen molar-refractivity contribution in [2.24, 2.45) is 4.99 Å². The van der Waals surface area contributed by atoms with Gasteiger partial charge in [0.05, 0.1) is 23.2 Å². The lowest BCUT2D eigenvalue weighted by Gasteiger charge is -2.23. The van der Waals surface area contributed by atoms with Crippen LogP contribution in [-0.4, -0.2) is 17.7 Å². The summed E-state index contributed by atoms with van der Waals surface area (Å²) >= 11 is 6.37. The molecule has 2 aromatic carbocycles. The lowest BCUT2D eigenvalue weighted by Crippen LogP contribution is -2.28. The van der Waals surface area contributed by atoms with E-state index in [9.17, 15) is 10.1 Å². The van der Waals surface area contributed by atoms with Gasteiger partial charge in [0, 0.05) is 28.9 Å². The Hall–Kier alpha value is -2.86. The molecule has 0 bridgehead atoms. The number of nitrogens with zero attached hydrogens (tertiary/aromatic N) is 2. The van der Waals surface area contributed by atoms with E-state index in [-0.39, 0.29) is 11.7 Å². The van der Waals surface area contributed by atoms with Crippen molar-refractivity contribution in [1.29, 1.82) is 0 Å². The minimum absolute atomic E-state index is 0.0526. The quantitative estimate of drug-likeness (QED) is 0.610. The second kappa shape index (κ2) is 7.58. The molecule has 2 aromatic rings. The van der Waals surface area contributed by atoms with Gasteiger partial charge in [0.15, 0.2) is 0 Å². The fraction of sp³-hybridized carbons (Fsp3) is 0.211. The van der Waals surface area contributed by atoms with Gasteiger partial charge < -0.3 is 10.6 Å². The van der Waals surface area contributed by atoms with Crippen LogP contribution in [0.4, 0.5) is 5.69 Å². The van der Waals surface area contributed by atoms with Gasteiger partial charge in [0.2, 0.25) is 0 Å². The summed E-state index contributed by atoms with van der Waals surface area (Å²) in [6.07, 6.45) is 1.78. The summed E-state index contributed by atoms with van der Waals surface area (Å²) in [6.45, 7) is 4.61. The number of nitrogens with one attached hydrogen (secondary N) is 2. The van der Waals surface area contributed by atoms with Gasteiger partial charge in [-0.05, 0) is 43.2 Å². The zero-order chi connectivity index (χ0) is 18.7. The Morgan fingerprint density at radius 3 is 2.65 bits per heavy atom. The Morgan fingerprint density at radius 1 is 1.27 bits per heavy atom. The Labute approximate surface area is 156 Å². The van der Waals surface area contributed by atoms with Crippen LogP contribution in [0, 0.1) is 17.0 Å². The standard InChI is InChI=1S/C19H19ClN4O2/c1-12-3-8-16(17(20)11-12)13(2)23-19-18(21-9-10-22-19)14-4-6-15(7-5-14)24(25)26/h3-8,10-11,13,21,23H,9H2,1-2H3/t13-/m0/s1. The van der Waals surface area contributed by atoms with Crippen molar-refractivity contribution < 1.29 is 4.92 Å². The van der Waals surface area contributed by atoms with E-state index in [1.54, 1.807) is 18.3 Å². The van der Waals surface area contributed by atoms with E-state index in [2.05, 4.69) is 15.6 Å². The highest BCUT2D eigenvalue weighted by Gasteiger charge is 2.17. The van der Waals surface area contributed by atoms with Crippen molar-refractivity contribution in [3.63, 3.8) is 0 Å². The first kappa shape index (κ1) is 17.9. The number of benzene rings is 2. The molecule has 0 amide bonds. The molecule has 6 nitrogen and oxygen atoms in total. The van der Waals surface area contributed by atoms with E-state index in [0.717, 1.165) is 22.4 Å². The van der Waals surface area contributed by atoms with Gasteiger partial charge in [0.25, 0.3) is 5.69 Å². The van der Waals surface area contributed by atoms with Gasteiger partial charge in [-0.2, -0.15) is 0 Å². The minimum Gasteiger partial charge on any atom is -0.377 e. The molecule has 1 aliphatic heterocycles. The third kappa shape index (κ3) is 3.86. The summed E-state index contributed by atoms with van der Waals surface area (Å²) in [7, 11) is 0. The van der Waals surface area contributed by atoms with E-state index in [1.165, 1.54) is 12.1 Å². The average molecular weight is 371 g/mol. The molecular formula is C19H19ClN4O2. The second-order valence-electron chi connectivity index (χ2n) is 6.11. The van der Waals surface area contributed by atoms with Crippen molar-refractivity contribution in [3.05, 3.63) is 80.1 Å². The van der Waals surface area contributed by atoms with E-state index in [4.69, 9.17) is 11.6 Å². The number of hydrogen-bond acceptors (Lipinski definition) is 5. The summed E-state index contributed by atoms with van der Waals surface area (Å²) in [6, 6.07) is 12.3. The maximum absolute atomic E-state index is 10.8. The molecule has 0 aliphatic carbocycles. The van der Waals surface area contributed by atoms with E-state index in [0.29, 0.717) is 17.4 Å². The van der Waals surface area contributed by atoms with Crippen molar-refractivity contribution in [1.82, 2.24) is 10.6 Å². The second-order valence-corrected chi connectivity index (χ2v) is 6.52. The lowest BCUT2D eigenvalue weighted by atomic mass is 10.1. The summed E-state index contributed by atoms with van der Waals surface area (Å²) in [4.78, 5) is 14.9. The van der Waals surface area contributed by atoms with E-state index >= 15 is 0 Å². The summed E-state index contributed by atoms with van der Waals surface area (Å²) in [5.74, 6) is 0.675. The highest BCUT2D eigenvalue weighted by atomic mass is 35.5. The van der Waals surface area contributed by atoms with Crippen LogP contribution in [-0.2, 0) is 0 Å². The molecule has 26 heavy (non-hydrogen) atoms.